The van der Waals surface area contributed by atoms with Crippen LogP contribution in [0, 0.1) is 22.6 Å². The smallest absolute Gasteiger partial charge is 0.151 e. The lowest BCUT2D eigenvalue weighted by Crippen LogP contribution is -2.33. The molecule has 0 aliphatic heterocycles. The molecule has 0 spiro atoms. The van der Waals surface area contributed by atoms with Crippen molar-refractivity contribution >= 4 is 11.6 Å². The van der Waals surface area contributed by atoms with Gasteiger partial charge in [-0.3, -0.25) is 0 Å². The number of nitrogen functional groups attached to an aromatic ring is 1. The first-order chi connectivity index (χ1) is 15.5. The number of ether oxygens (including phenoxy) is 1. The summed E-state index contributed by atoms with van der Waals surface area (Å²) in [5.74, 6) is 0.390. The van der Waals surface area contributed by atoms with Gasteiger partial charge in [-0.05, 0) is 43.9 Å². The molecule has 2 aliphatic carbocycles. The maximum absolute atomic E-state index is 13.8. The summed E-state index contributed by atoms with van der Waals surface area (Å²) in [7, 11) is 1.75. The van der Waals surface area contributed by atoms with Crippen LogP contribution in [-0.2, 0) is 4.74 Å². The molecule has 0 unspecified atom stereocenters. The topological polar surface area (TPSA) is 109 Å². The van der Waals surface area contributed by atoms with E-state index in [1.165, 1.54) is 38.2 Å². The SMILES string of the molecule is COCCNC1CCCCC1.N#CC1(CNc2cccc(-c3cc(N)ncc3F)n2)CC1. The fourth-order valence-electron chi connectivity index (χ4n) is 3.74. The molecule has 4 rings (SSSR count). The van der Waals surface area contributed by atoms with E-state index in [-0.39, 0.29) is 11.2 Å². The summed E-state index contributed by atoms with van der Waals surface area (Å²) >= 11 is 0. The van der Waals surface area contributed by atoms with Crippen molar-refractivity contribution in [1.29, 1.82) is 5.26 Å². The van der Waals surface area contributed by atoms with Crippen LogP contribution in [0.2, 0.25) is 0 Å². The Bertz CT molecular complexity index is 906. The summed E-state index contributed by atoms with van der Waals surface area (Å²) in [5, 5.41) is 15.7. The molecule has 2 heterocycles. The maximum atomic E-state index is 13.8. The molecule has 0 saturated heterocycles. The zero-order valence-corrected chi connectivity index (χ0v) is 18.7. The fraction of sp³-hybridized carbons (Fsp3) is 0.542. The number of anilines is 2. The van der Waals surface area contributed by atoms with Gasteiger partial charge >= 0.3 is 0 Å². The third-order valence-corrected chi connectivity index (χ3v) is 5.94. The number of rotatable bonds is 8. The van der Waals surface area contributed by atoms with Gasteiger partial charge in [-0.15, -0.1) is 0 Å². The summed E-state index contributed by atoms with van der Waals surface area (Å²) in [6.45, 7) is 2.42. The number of nitrogens with one attached hydrogen (secondary N) is 2. The zero-order chi connectivity index (χ0) is 22.8. The number of nitriles is 1. The van der Waals surface area contributed by atoms with Gasteiger partial charge in [-0.2, -0.15) is 5.26 Å². The Kier molecular flexibility index (Phi) is 8.77. The normalized spacial score (nSPS) is 17.0. The second-order valence-electron chi connectivity index (χ2n) is 8.52. The number of aromatic nitrogens is 2. The van der Waals surface area contributed by atoms with Gasteiger partial charge in [0.05, 0.1) is 30.0 Å². The Morgan fingerprint density at radius 3 is 2.75 bits per heavy atom. The van der Waals surface area contributed by atoms with Crippen molar-refractivity contribution in [3.8, 4) is 17.3 Å². The monoisotopic (exact) mass is 440 g/mol. The summed E-state index contributed by atoms with van der Waals surface area (Å²) < 4.78 is 18.8. The number of nitrogens with zero attached hydrogens (tertiary/aromatic N) is 3. The lowest BCUT2D eigenvalue weighted by molar-refractivity contribution is 0.192. The van der Waals surface area contributed by atoms with Crippen LogP contribution in [0.15, 0.2) is 30.5 Å². The first-order valence-electron chi connectivity index (χ1n) is 11.3. The van der Waals surface area contributed by atoms with Gasteiger partial charge in [-0.1, -0.05) is 25.3 Å². The lowest BCUT2D eigenvalue weighted by Gasteiger charge is -2.22. The second-order valence-corrected chi connectivity index (χ2v) is 8.52. The van der Waals surface area contributed by atoms with E-state index in [4.69, 9.17) is 15.7 Å². The standard InChI is InChI=1S/C15H14FN5.C9H19NO/c16-11-7-19-13(18)6-10(11)12-2-1-3-14(21-12)20-9-15(8-17)4-5-15;1-11-8-7-10-9-5-3-2-4-6-9/h1-3,6-7H,4-5,9H2,(H2,18,19)(H,20,21);9-10H,2-8H2,1H3. The highest BCUT2D eigenvalue weighted by atomic mass is 19.1. The molecular formula is C24H33FN6O. The molecule has 0 radical (unpaired) electrons. The number of nitrogens with two attached hydrogens (primary N) is 1. The first kappa shape index (κ1) is 23.9. The van der Waals surface area contributed by atoms with E-state index in [9.17, 15) is 4.39 Å². The molecule has 0 atom stereocenters. The van der Waals surface area contributed by atoms with Crippen LogP contribution in [0.5, 0.6) is 0 Å². The Hall–Kier alpha value is -2.76. The maximum Gasteiger partial charge on any atom is 0.151 e. The van der Waals surface area contributed by atoms with Crippen LogP contribution >= 0.6 is 0 Å². The molecule has 172 valence electrons. The second kappa shape index (κ2) is 11.7. The van der Waals surface area contributed by atoms with Crippen molar-refractivity contribution in [3.63, 3.8) is 0 Å². The Balaban J connectivity index is 0.000000222. The molecule has 2 saturated carbocycles. The molecule has 0 bridgehead atoms. The van der Waals surface area contributed by atoms with Crippen LogP contribution in [0.4, 0.5) is 16.0 Å². The van der Waals surface area contributed by atoms with Crippen LogP contribution in [-0.4, -0.2) is 42.8 Å². The van der Waals surface area contributed by atoms with Crippen LogP contribution in [0.25, 0.3) is 11.3 Å². The minimum atomic E-state index is -0.468. The van der Waals surface area contributed by atoms with Crippen molar-refractivity contribution in [2.75, 3.05) is 37.9 Å². The Morgan fingerprint density at radius 2 is 2.06 bits per heavy atom. The fourth-order valence-corrected chi connectivity index (χ4v) is 3.74. The van der Waals surface area contributed by atoms with E-state index in [0.29, 0.717) is 23.6 Å². The summed E-state index contributed by atoms with van der Waals surface area (Å²) in [6, 6.07) is 9.83. The molecule has 2 aromatic heterocycles. The average Bonchev–Trinajstić information content (AvgIpc) is 3.61. The van der Waals surface area contributed by atoms with Crippen molar-refractivity contribution < 1.29 is 9.13 Å². The highest BCUT2D eigenvalue weighted by molar-refractivity contribution is 5.64. The van der Waals surface area contributed by atoms with Crippen LogP contribution in [0.1, 0.15) is 44.9 Å². The molecule has 0 amide bonds. The van der Waals surface area contributed by atoms with Crippen LogP contribution < -0.4 is 16.4 Å². The molecule has 0 aromatic carbocycles. The predicted octanol–water partition coefficient (Wildman–Crippen LogP) is 4.14. The van der Waals surface area contributed by atoms with E-state index < -0.39 is 5.82 Å². The van der Waals surface area contributed by atoms with Crippen molar-refractivity contribution in [1.82, 2.24) is 15.3 Å². The van der Waals surface area contributed by atoms with Crippen molar-refractivity contribution in [2.45, 2.75) is 51.0 Å². The summed E-state index contributed by atoms with van der Waals surface area (Å²) in [6.07, 6.45) is 9.88. The third kappa shape index (κ3) is 7.14. The molecular weight excluding hydrogens is 407 g/mol. The van der Waals surface area contributed by atoms with E-state index in [1.807, 2.05) is 0 Å². The minimum Gasteiger partial charge on any atom is -0.384 e. The molecule has 32 heavy (non-hydrogen) atoms. The Labute approximate surface area is 189 Å². The van der Waals surface area contributed by atoms with Gasteiger partial charge in [0.15, 0.2) is 5.82 Å². The summed E-state index contributed by atoms with van der Waals surface area (Å²) in [5.41, 5.74) is 6.12. The number of pyridine rings is 2. The van der Waals surface area contributed by atoms with E-state index in [0.717, 1.165) is 38.2 Å². The largest absolute Gasteiger partial charge is 0.384 e. The highest BCUT2D eigenvalue weighted by Gasteiger charge is 2.42. The van der Waals surface area contributed by atoms with E-state index in [2.05, 4.69) is 26.7 Å². The predicted molar refractivity (Wildman–Crippen MR) is 124 cm³/mol. The summed E-state index contributed by atoms with van der Waals surface area (Å²) in [4.78, 5) is 8.06. The quantitative estimate of drug-likeness (QED) is 0.529. The zero-order valence-electron chi connectivity index (χ0n) is 18.7. The lowest BCUT2D eigenvalue weighted by atomic mass is 9.96. The molecule has 2 aliphatic rings. The molecule has 2 fully saturated rings. The highest BCUT2D eigenvalue weighted by Crippen LogP contribution is 2.44. The first-order valence-corrected chi connectivity index (χ1v) is 11.3. The van der Waals surface area contributed by atoms with Crippen LogP contribution in [0.3, 0.4) is 0 Å². The van der Waals surface area contributed by atoms with Gasteiger partial charge in [0.25, 0.3) is 0 Å². The number of methoxy groups -OCH3 is 1. The Morgan fingerprint density at radius 1 is 1.28 bits per heavy atom. The number of halogens is 1. The van der Waals surface area contributed by atoms with Crippen molar-refractivity contribution in [3.05, 3.63) is 36.3 Å². The van der Waals surface area contributed by atoms with Crippen molar-refractivity contribution in [2.24, 2.45) is 5.41 Å². The minimum absolute atomic E-state index is 0.243. The van der Waals surface area contributed by atoms with Gasteiger partial charge in [0, 0.05) is 31.8 Å². The van der Waals surface area contributed by atoms with E-state index >= 15 is 0 Å². The number of hydrogen-bond donors (Lipinski definition) is 3. The van der Waals surface area contributed by atoms with Gasteiger partial charge < -0.3 is 21.1 Å². The van der Waals surface area contributed by atoms with Gasteiger partial charge in [0.2, 0.25) is 0 Å². The molecule has 4 N–H and O–H groups in total. The van der Waals surface area contributed by atoms with E-state index in [1.54, 1.807) is 25.3 Å². The van der Waals surface area contributed by atoms with Gasteiger partial charge in [-0.25, -0.2) is 14.4 Å². The average molecular weight is 441 g/mol. The van der Waals surface area contributed by atoms with Gasteiger partial charge in [0.1, 0.15) is 11.6 Å². The molecule has 2 aromatic rings. The third-order valence-electron chi connectivity index (χ3n) is 5.94. The molecule has 8 heteroatoms. The number of hydrogen-bond acceptors (Lipinski definition) is 7. The molecule has 7 nitrogen and oxygen atoms in total.